The van der Waals surface area contributed by atoms with E-state index in [4.69, 9.17) is 4.74 Å². The van der Waals surface area contributed by atoms with E-state index in [2.05, 4.69) is 10.6 Å². The first-order chi connectivity index (χ1) is 16.2. The fourth-order valence-electron chi connectivity index (χ4n) is 3.78. The summed E-state index contributed by atoms with van der Waals surface area (Å²) < 4.78 is 5.06. The molecule has 34 heavy (non-hydrogen) atoms. The molecule has 0 bridgehead atoms. The SMILES string of the molecule is CCC/C(Nc1ccc(N(C)C(=O)CN(C)C)cc1)=C1/C(=O)Nc2cc(C(=O)OCC)ccc21. The van der Waals surface area contributed by atoms with Crippen LogP contribution in [-0.2, 0) is 14.3 Å². The predicted octanol–water partition coefficient (Wildman–Crippen LogP) is 3.96. The van der Waals surface area contributed by atoms with Gasteiger partial charge in [-0.3, -0.25) is 9.59 Å². The number of benzene rings is 2. The quantitative estimate of drug-likeness (QED) is 0.431. The van der Waals surface area contributed by atoms with Crippen LogP contribution in [0.2, 0.25) is 0 Å². The fourth-order valence-corrected chi connectivity index (χ4v) is 3.78. The van der Waals surface area contributed by atoms with Crippen LogP contribution in [-0.4, -0.2) is 57.0 Å². The van der Waals surface area contributed by atoms with E-state index in [1.165, 1.54) is 0 Å². The number of ether oxygens (including phenoxy) is 1. The Kier molecular flexibility index (Phi) is 8.07. The molecule has 8 heteroatoms. The van der Waals surface area contributed by atoms with Crippen LogP contribution in [0.3, 0.4) is 0 Å². The van der Waals surface area contributed by atoms with Crippen molar-refractivity contribution < 1.29 is 19.1 Å². The van der Waals surface area contributed by atoms with Gasteiger partial charge in [0.25, 0.3) is 5.91 Å². The summed E-state index contributed by atoms with van der Waals surface area (Å²) in [6.45, 7) is 4.42. The van der Waals surface area contributed by atoms with E-state index < -0.39 is 5.97 Å². The van der Waals surface area contributed by atoms with Gasteiger partial charge in [0.2, 0.25) is 5.91 Å². The Balaban J connectivity index is 1.87. The Bertz CT molecular complexity index is 1110. The van der Waals surface area contributed by atoms with Gasteiger partial charge in [0.1, 0.15) is 0 Å². The van der Waals surface area contributed by atoms with Crippen molar-refractivity contribution in [2.24, 2.45) is 0 Å². The van der Waals surface area contributed by atoms with Gasteiger partial charge in [0, 0.05) is 29.7 Å². The predicted molar refractivity (Wildman–Crippen MR) is 135 cm³/mol. The fraction of sp³-hybridized carbons (Fsp3) is 0.346. The molecular formula is C26H32N4O4. The van der Waals surface area contributed by atoms with Crippen molar-refractivity contribution in [2.45, 2.75) is 26.7 Å². The first-order valence-corrected chi connectivity index (χ1v) is 11.4. The van der Waals surface area contributed by atoms with Gasteiger partial charge in [-0.25, -0.2) is 4.79 Å². The molecule has 1 aliphatic heterocycles. The first-order valence-electron chi connectivity index (χ1n) is 11.4. The number of nitrogens with one attached hydrogen (secondary N) is 2. The van der Waals surface area contributed by atoms with Gasteiger partial charge in [-0.15, -0.1) is 0 Å². The number of amides is 2. The molecule has 0 unspecified atom stereocenters. The second-order valence-electron chi connectivity index (χ2n) is 8.40. The van der Waals surface area contributed by atoms with Crippen LogP contribution in [0.1, 0.15) is 42.6 Å². The van der Waals surface area contributed by atoms with Crippen LogP contribution >= 0.6 is 0 Å². The molecule has 0 aromatic heterocycles. The van der Waals surface area contributed by atoms with Crippen LogP contribution in [0.15, 0.2) is 48.2 Å². The van der Waals surface area contributed by atoms with Gasteiger partial charge in [-0.1, -0.05) is 19.4 Å². The third-order valence-electron chi connectivity index (χ3n) is 5.45. The van der Waals surface area contributed by atoms with Crippen LogP contribution in [0.5, 0.6) is 0 Å². The second-order valence-corrected chi connectivity index (χ2v) is 8.40. The van der Waals surface area contributed by atoms with Crippen molar-refractivity contribution in [1.82, 2.24) is 4.90 Å². The lowest BCUT2D eigenvalue weighted by molar-refractivity contribution is -0.119. The highest BCUT2D eigenvalue weighted by Crippen LogP contribution is 2.36. The Labute approximate surface area is 200 Å². The van der Waals surface area contributed by atoms with Crippen molar-refractivity contribution in [2.75, 3.05) is 49.8 Å². The highest BCUT2D eigenvalue weighted by atomic mass is 16.5. The highest BCUT2D eigenvalue weighted by molar-refractivity contribution is 6.32. The Morgan fingerprint density at radius 3 is 2.35 bits per heavy atom. The van der Waals surface area contributed by atoms with E-state index in [9.17, 15) is 14.4 Å². The first kappa shape index (κ1) is 25.0. The number of likely N-dealkylation sites (N-methyl/N-ethyl adjacent to an activating group) is 2. The van der Waals surface area contributed by atoms with Gasteiger partial charge in [-0.05, 0) is 63.8 Å². The number of carbonyl (C=O) groups is 3. The zero-order valence-electron chi connectivity index (χ0n) is 20.4. The number of hydrogen-bond acceptors (Lipinski definition) is 6. The maximum atomic E-state index is 12.9. The van der Waals surface area contributed by atoms with Gasteiger partial charge >= 0.3 is 5.97 Å². The highest BCUT2D eigenvalue weighted by Gasteiger charge is 2.28. The molecule has 8 nitrogen and oxygen atoms in total. The normalized spacial score (nSPS) is 13.9. The summed E-state index contributed by atoms with van der Waals surface area (Å²) in [6.07, 6.45) is 1.51. The molecule has 2 amide bonds. The minimum Gasteiger partial charge on any atom is -0.462 e. The molecular weight excluding hydrogens is 432 g/mol. The van der Waals surface area contributed by atoms with Crippen LogP contribution < -0.4 is 15.5 Å². The van der Waals surface area contributed by atoms with Crippen LogP contribution in [0, 0.1) is 0 Å². The molecule has 0 saturated carbocycles. The Hall–Kier alpha value is -3.65. The number of allylic oxidation sites excluding steroid dienone is 1. The van der Waals surface area contributed by atoms with E-state index in [1.807, 2.05) is 50.2 Å². The summed E-state index contributed by atoms with van der Waals surface area (Å²) in [6, 6.07) is 12.6. The molecule has 0 radical (unpaired) electrons. The minimum atomic E-state index is -0.419. The molecule has 2 aromatic rings. The summed E-state index contributed by atoms with van der Waals surface area (Å²) in [4.78, 5) is 40.7. The number of hydrogen-bond donors (Lipinski definition) is 2. The number of nitrogens with zero attached hydrogens (tertiary/aromatic N) is 2. The standard InChI is InChI=1S/C26H32N4O4/c1-6-8-21(27-18-10-12-19(13-11-18)30(5)23(31)16-29(3)4)24-20-14-9-17(26(33)34-7-2)15-22(20)28-25(24)32/h9-15,27H,6-8,16H2,1-5H3,(H,28,32)/b24-21-. The topological polar surface area (TPSA) is 91.0 Å². The lowest BCUT2D eigenvalue weighted by Gasteiger charge is -2.20. The molecule has 2 aromatic carbocycles. The van der Waals surface area contributed by atoms with Gasteiger partial charge in [-0.2, -0.15) is 0 Å². The number of carbonyl (C=O) groups excluding carboxylic acids is 3. The average molecular weight is 465 g/mol. The summed E-state index contributed by atoms with van der Waals surface area (Å²) >= 11 is 0. The van der Waals surface area contributed by atoms with Crippen molar-refractivity contribution in [3.05, 3.63) is 59.3 Å². The summed E-state index contributed by atoms with van der Waals surface area (Å²) in [5, 5.41) is 6.26. The van der Waals surface area contributed by atoms with Crippen molar-refractivity contribution >= 4 is 40.4 Å². The van der Waals surface area contributed by atoms with Crippen molar-refractivity contribution in [3.8, 4) is 0 Å². The zero-order valence-corrected chi connectivity index (χ0v) is 20.4. The number of fused-ring (bicyclic) bond motifs is 1. The van der Waals surface area contributed by atoms with Crippen molar-refractivity contribution in [1.29, 1.82) is 0 Å². The van der Waals surface area contributed by atoms with Gasteiger partial charge in [0.15, 0.2) is 0 Å². The number of rotatable bonds is 9. The summed E-state index contributed by atoms with van der Waals surface area (Å²) in [5.41, 5.74) is 4.71. The third-order valence-corrected chi connectivity index (χ3v) is 5.45. The average Bonchev–Trinajstić information content (AvgIpc) is 3.13. The molecule has 0 saturated heterocycles. The molecule has 0 fully saturated rings. The molecule has 0 atom stereocenters. The molecule has 1 aliphatic rings. The maximum Gasteiger partial charge on any atom is 0.338 e. The van der Waals surface area contributed by atoms with Crippen molar-refractivity contribution in [3.63, 3.8) is 0 Å². The summed E-state index contributed by atoms with van der Waals surface area (Å²) in [7, 11) is 5.47. The second kappa shape index (κ2) is 11.0. The molecule has 3 rings (SSSR count). The molecule has 180 valence electrons. The van der Waals surface area contributed by atoms with E-state index >= 15 is 0 Å². The Morgan fingerprint density at radius 2 is 1.74 bits per heavy atom. The number of esters is 1. The smallest absolute Gasteiger partial charge is 0.338 e. The summed E-state index contributed by atoms with van der Waals surface area (Å²) in [5.74, 6) is -0.628. The largest absolute Gasteiger partial charge is 0.462 e. The number of anilines is 3. The van der Waals surface area contributed by atoms with Crippen LogP contribution in [0.4, 0.5) is 17.1 Å². The minimum absolute atomic E-state index is 0.000852. The van der Waals surface area contributed by atoms with E-state index in [0.717, 1.165) is 29.1 Å². The lowest BCUT2D eigenvalue weighted by atomic mass is 10.0. The molecule has 0 aliphatic carbocycles. The van der Waals surface area contributed by atoms with E-state index in [-0.39, 0.29) is 18.4 Å². The molecule has 0 spiro atoms. The molecule has 2 N–H and O–H groups in total. The lowest BCUT2D eigenvalue weighted by Crippen LogP contribution is -2.34. The zero-order chi connectivity index (χ0) is 24.8. The monoisotopic (exact) mass is 464 g/mol. The van der Waals surface area contributed by atoms with E-state index in [1.54, 1.807) is 37.1 Å². The molecule has 1 heterocycles. The van der Waals surface area contributed by atoms with Gasteiger partial charge in [0.05, 0.1) is 30.0 Å². The Morgan fingerprint density at radius 1 is 1.03 bits per heavy atom. The van der Waals surface area contributed by atoms with Gasteiger partial charge < -0.3 is 25.2 Å². The third kappa shape index (κ3) is 5.63. The van der Waals surface area contributed by atoms with E-state index in [0.29, 0.717) is 29.8 Å². The van der Waals surface area contributed by atoms with Crippen LogP contribution in [0.25, 0.3) is 5.57 Å². The maximum absolute atomic E-state index is 12.9.